The molecular formula is C52H47N. The Kier molecular flexibility index (Phi) is 8.59. The third kappa shape index (κ3) is 6.09. The Bertz CT molecular complexity index is 2380. The minimum absolute atomic E-state index is 0.0863. The van der Waals surface area contributed by atoms with Crippen molar-refractivity contribution in [2.24, 2.45) is 0 Å². The minimum Gasteiger partial charge on any atom is -0.310 e. The van der Waals surface area contributed by atoms with Crippen molar-refractivity contribution < 1.29 is 0 Å². The van der Waals surface area contributed by atoms with Crippen molar-refractivity contribution in [3.05, 3.63) is 186 Å². The molecule has 2 aliphatic rings. The first-order valence-electron chi connectivity index (χ1n) is 19.5. The van der Waals surface area contributed by atoms with Crippen LogP contribution in [0.5, 0.6) is 0 Å². The Hall–Kier alpha value is -5.66. The van der Waals surface area contributed by atoms with Gasteiger partial charge in [0.15, 0.2) is 0 Å². The van der Waals surface area contributed by atoms with E-state index in [1.54, 1.807) is 0 Å². The first kappa shape index (κ1) is 33.2. The summed E-state index contributed by atoms with van der Waals surface area (Å²) in [5.74, 6) is 0.723. The Morgan fingerprint density at radius 2 is 1.00 bits per heavy atom. The molecule has 0 bridgehead atoms. The number of aryl methyl sites for hydroxylation is 1. The highest BCUT2D eigenvalue weighted by Crippen LogP contribution is 2.52. The third-order valence-corrected chi connectivity index (χ3v) is 12.0. The lowest BCUT2D eigenvalue weighted by Gasteiger charge is -2.28. The summed E-state index contributed by atoms with van der Waals surface area (Å²) < 4.78 is 0. The number of fused-ring (bicyclic) bond motifs is 3. The second kappa shape index (κ2) is 13.7. The summed E-state index contributed by atoms with van der Waals surface area (Å²) in [5.41, 5.74) is 19.2. The lowest BCUT2D eigenvalue weighted by atomic mass is 9.82. The predicted molar refractivity (Wildman–Crippen MR) is 226 cm³/mol. The van der Waals surface area contributed by atoms with E-state index in [0.29, 0.717) is 0 Å². The van der Waals surface area contributed by atoms with Gasteiger partial charge in [0, 0.05) is 22.5 Å². The summed E-state index contributed by atoms with van der Waals surface area (Å²) in [4.78, 5) is 2.43. The molecular weight excluding hydrogens is 639 g/mol. The van der Waals surface area contributed by atoms with E-state index in [9.17, 15) is 0 Å². The zero-order valence-electron chi connectivity index (χ0n) is 31.1. The molecule has 0 radical (unpaired) electrons. The van der Waals surface area contributed by atoms with Crippen molar-refractivity contribution in [1.82, 2.24) is 0 Å². The molecule has 7 aromatic carbocycles. The maximum Gasteiger partial charge on any atom is 0.0465 e. The van der Waals surface area contributed by atoms with E-state index in [1.165, 1.54) is 105 Å². The standard InChI is InChI=1S/C52H47N/c1-36-13-12-20-49-51(36)48-34-33-45(35-50(48)52(49,2)3)53(43-29-25-40(26-30-43)39-23-21-38(22-24-39)37-14-6-4-7-15-37)44-31-27-42(28-32-44)47-19-11-10-18-46(47)41-16-8-5-9-17-41/h5,8-13,16-35,37H,4,6-7,14-15H2,1-3H3. The van der Waals surface area contributed by atoms with Crippen molar-refractivity contribution in [3.8, 4) is 44.5 Å². The Morgan fingerprint density at radius 1 is 0.453 bits per heavy atom. The molecule has 0 N–H and O–H groups in total. The summed E-state index contributed by atoms with van der Waals surface area (Å²) in [6.07, 6.45) is 6.78. The topological polar surface area (TPSA) is 3.24 Å². The summed E-state index contributed by atoms with van der Waals surface area (Å²) in [7, 11) is 0. The average Bonchev–Trinajstić information content (AvgIpc) is 3.45. The van der Waals surface area contributed by atoms with Crippen LogP contribution < -0.4 is 4.90 Å². The summed E-state index contributed by atoms with van der Waals surface area (Å²) >= 11 is 0. The van der Waals surface area contributed by atoms with Gasteiger partial charge in [-0.15, -0.1) is 0 Å². The Morgan fingerprint density at radius 3 is 1.64 bits per heavy atom. The van der Waals surface area contributed by atoms with Crippen molar-refractivity contribution in [3.63, 3.8) is 0 Å². The lowest BCUT2D eigenvalue weighted by molar-refractivity contribution is 0.443. The molecule has 0 aromatic heterocycles. The van der Waals surface area contributed by atoms with Gasteiger partial charge < -0.3 is 4.90 Å². The van der Waals surface area contributed by atoms with Crippen molar-refractivity contribution in [2.45, 2.75) is 64.2 Å². The highest BCUT2D eigenvalue weighted by molar-refractivity contribution is 5.88. The smallest absolute Gasteiger partial charge is 0.0465 e. The fourth-order valence-electron chi connectivity index (χ4n) is 9.13. The molecule has 0 atom stereocenters. The second-order valence-corrected chi connectivity index (χ2v) is 15.7. The summed E-state index contributed by atoms with van der Waals surface area (Å²) in [6.45, 7) is 6.99. The molecule has 260 valence electrons. The van der Waals surface area contributed by atoms with Gasteiger partial charge in [0.25, 0.3) is 0 Å². The number of hydrogen-bond acceptors (Lipinski definition) is 1. The molecule has 2 aliphatic carbocycles. The van der Waals surface area contributed by atoms with Gasteiger partial charge in [0.05, 0.1) is 0 Å². The van der Waals surface area contributed by atoms with Gasteiger partial charge >= 0.3 is 0 Å². The van der Waals surface area contributed by atoms with Gasteiger partial charge in [-0.3, -0.25) is 0 Å². The highest BCUT2D eigenvalue weighted by Gasteiger charge is 2.36. The van der Waals surface area contributed by atoms with Crippen LogP contribution in [0.25, 0.3) is 44.5 Å². The van der Waals surface area contributed by atoms with Crippen LogP contribution in [0.2, 0.25) is 0 Å². The van der Waals surface area contributed by atoms with Crippen molar-refractivity contribution >= 4 is 17.1 Å². The molecule has 0 amide bonds. The summed E-state index contributed by atoms with van der Waals surface area (Å²) in [6, 6.07) is 61.0. The maximum atomic E-state index is 2.44. The van der Waals surface area contributed by atoms with E-state index in [4.69, 9.17) is 0 Å². The third-order valence-electron chi connectivity index (χ3n) is 12.0. The quantitative estimate of drug-likeness (QED) is 0.161. The SMILES string of the molecule is Cc1cccc2c1-c1ccc(N(c3ccc(-c4ccc(C5CCCCC5)cc4)cc3)c3ccc(-c4ccccc4-c4ccccc4)cc3)cc1C2(C)C. The molecule has 0 aliphatic heterocycles. The van der Waals surface area contributed by atoms with Crippen molar-refractivity contribution in [2.75, 3.05) is 4.90 Å². The van der Waals surface area contributed by atoms with E-state index >= 15 is 0 Å². The maximum absolute atomic E-state index is 2.44. The molecule has 7 aromatic rings. The van der Waals surface area contributed by atoms with E-state index < -0.39 is 0 Å². The number of benzene rings is 7. The van der Waals surface area contributed by atoms with Crippen LogP contribution in [-0.4, -0.2) is 0 Å². The van der Waals surface area contributed by atoms with Crippen molar-refractivity contribution in [1.29, 1.82) is 0 Å². The average molecular weight is 686 g/mol. The second-order valence-electron chi connectivity index (χ2n) is 15.7. The van der Waals surface area contributed by atoms with Gasteiger partial charge in [-0.05, 0) is 129 Å². The fourth-order valence-corrected chi connectivity index (χ4v) is 9.13. The van der Waals surface area contributed by atoms with E-state index in [2.05, 4.69) is 189 Å². The molecule has 9 rings (SSSR count). The normalized spacial score (nSPS) is 14.8. The van der Waals surface area contributed by atoms with Crippen LogP contribution in [0.1, 0.15) is 74.1 Å². The van der Waals surface area contributed by atoms with Gasteiger partial charge in [-0.2, -0.15) is 0 Å². The van der Waals surface area contributed by atoms with E-state index in [0.717, 1.165) is 17.3 Å². The molecule has 0 spiro atoms. The monoisotopic (exact) mass is 685 g/mol. The van der Waals surface area contributed by atoms with Crippen LogP contribution in [-0.2, 0) is 5.41 Å². The zero-order chi connectivity index (χ0) is 35.9. The van der Waals surface area contributed by atoms with Gasteiger partial charge in [-0.1, -0.05) is 161 Å². The van der Waals surface area contributed by atoms with Gasteiger partial charge in [0.2, 0.25) is 0 Å². The minimum atomic E-state index is -0.0863. The molecule has 0 unspecified atom stereocenters. The molecule has 53 heavy (non-hydrogen) atoms. The molecule has 1 saturated carbocycles. The first-order chi connectivity index (χ1) is 26.0. The molecule has 1 fully saturated rings. The zero-order valence-corrected chi connectivity index (χ0v) is 31.1. The molecule has 1 nitrogen and oxygen atoms in total. The van der Waals surface area contributed by atoms with Crippen LogP contribution >= 0.6 is 0 Å². The largest absolute Gasteiger partial charge is 0.310 e. The molecule has 0 heterocycles. The highest BCUT2D eigenvalue weighted by atomic mass is 15.1. The molecule has 1 heteroatoms. The van der Waals surface area contributed by atoms with Crippen LogP contribution in [0.3, 0.4) is 0 Å². The Labute approximate surface area is 315 Å². The first-order valence-corrected chi connectivity index (χ1v) is 19.5. The lowest BCUT2D eigenvalue weighted by Crippen LogP contribution is -2.16. The van der Waals surface area contributed by atoms with Gasteiger partial charge in [-0.25, -0.2) is 0 Å². The van der Waals surface area contributed by atoms with Crippen LogP contribution in [0.4, 0.5) is 17.1 Å². The molecule has 0 saturated heterocycles. The number of nitrogens with zero attached hydrogens (tertiary/aromatic N) is 1. The van der Waals surface area contributed by atoms with E-state index in [-0.39, 0.29) is 5.41 Å². The van der Waals surface area contributed by atoms with Crippen LogP contribution in [0, 0.1) is 6.92 Å². The Balaban J connectivity index is 1.10. The number of anilines is 3. The summed E-state index contributed by atoms with van der Waals surface area (Å²) in [5, 5.41) is 0. The number of hydrogen-bond donors (Lipinski definition) is 0. The van der Waals surface area contributed by atoms with E-state index in [1.807, 2.05) is 0 Å². The fraction of sp³-hybridized carbons (Fsp3) is 0.192. The predicted octanol–water partition coefficient (Wildman–Crippen LogP) is 14.8. The van der Waals surface area contributed by atoms with Gasteiger partial charge in [0.1, 0.15) is 0 Å². The van der Waals surface area contributed by atoms with Crippen LogP contribution in [0.15, 0.2) is 164 Å². The number of rotatable bonds is 7.